The van der Waals surface area contributed by atoms with Crippen molar-refractivity contribution in [3.63, 3.8) is 0 Å². The molecule has 1 fully saturated rings. The fourth-order valence-electron chi connectivity index (χ4n) is 2.80. The molecule has 5 nitrogen and oxygen atoms in total. The zero-order chi connectivity index (χ0) is 16.1. The number of rotatable bonds is 4. The summed E-state index contributed by atoms with van der Waals surface area (Å²) in [6.45, 7) is 2.99. The van der Waals surface area contributed by atoms with Gasteiger partial charge in [0, 0.05) is 42.6 Å². The Balaban J connectivity index is 0.00000208. The quantitative estimate of drug-likeness (QED) is 0.823. The molecule has 134 valence electrons. The van der Waals surface area contributed by atoms with Crippen molar-refractivity contribution in [2.45, 2.75) is 36.6 Å². The average molecular weight is 373 g/mol. The number of likely N-dealkylation sites (tertiary alicyclic amines) is 1. The third kappa shape index (κ3) is 5.19. The molecule has 2 N–H and O–H groups in total. The number of hydrogen-bond acceptors (Lipinski definition) is 5. The van der Waals surface area contributed by atoms with Crippen LogP contribution in [-0.4, -0.2) is 48.9 Å². The molecule has 2 aliphatic heterocycles. The number of ether oxygens (including phenoxy) is 2. The molecule has 0 bridgehead atoms. The van der Waals surface area contributed by atoms with E-state index in [1.54, 1.807) is 11.8 Å². The van der Waals surface area contributed by atoms with Crippen LogP contribution in [0.25, 0.3) is 0 Å². The number of fused-ring (bicyclic) bond motifs is 1. The van der Waals surface area contributed by atoms with Crippen molar-refractivity contribution in [3.05, 3.63) is 18.2 Å². The fourth-order valence-corrected chi connectivity index (χ4v) is 3.66. The van der Waals surface area contributed by atoms with Crippen LogP contribution in [0.3, 0.4) is 0 Å². The maximum atomic E-state index is 12.2. The Morgan fingerprint density at radius 2 is 1.92 bits per heavy atom. The molecule has 1 aromatic rings. The summed E-state index contributed by atoms with van der Waals surface area (Å²) in [6, 6.07) is 6.25. The van der Waals surface area contributed by atoms with E-state index in [0.717, 1.165) is 54.5 Å². The van der Waals surface area contributed by atoms with Crippen LogP contribution >= 0.6 is 24.2 Å². The van der Waals surface area contributed by atoms with E-state index in [9.17, 15) is 4.79 Å². The van der Waals surface area contributed by atoms with Crippen molar-refractivity contribution in [1.29, 1.82) is 0 Å². The molecule has 2 aliphatic rings. The zero-order valence-corrected chi connectivity index (χ0v) is 15.4. The molecule has 1 amide bonds. The zero-order valence-electron chi connectivity index (χ0n) is 13.7. The molecule has 3 rings (SSSR count). The number of carbonyl (C=O) groups is 1. The first-order valence-electron chi connectivity index (χ1n) is 8.28. The highest BCUT2D eigenvalue weighted by Gasteiger charge is 2.20. The molecule has 2 heterocycles. The van der Waals surface area contributed by atoms with Crippen LogP contribution in [-0.2, 0) is 4.79 Å². The predicted molar refractivity (Wildman–Crippen MR) is 98.4 cm³/mol. The van der Waals surface area contributed by atoms with Gasteiger partial charge in [-0.2, -0.15) is 0 Å². The number of nitrogens with two attached hydrogens (primary N) is 1. The Kier molecular flexibility index (Phi) is 7.52. The van der Waals surface area contributed by atoms with Gasteiger partial charge in [-0.3, -0.25) is 4.79 Å². The van der Waals surface area contributed by atoms with Gasteiger partial charge in [-0.05, 0) is 31.0 Å². The van der Waals surface area contributed by atoms with Crippen molar-refractivity contribution in [1.82, 2.24) is 4.90 Å². The van der Waals surface area contributed by atoms with Crippen molar-refractivity contribution >= 4 is 30.1 Å². The molecule has 0 aliphatic carbocycles. The van der Waals surface area contributed by atoms with Crippen LogP contribution in [0.2, 0.25) is 0 Å². The van der Waals surface area contributed by atoms with E-state index in [0.29, 0.717) is 19.6 Å². The Bertz CT molecular complexity index is 551. The lowest BCUT2D eigenvalue weighted by Gasteiger charge is -2.30. The fraction of sp³-hybridized carbons (Fsp3) is 0.588. The van der Waals surface area contributed by atoms with E-state index < -0.39 is 0 Å². The largest absolute Gasteiger partial charge is 0.490 e. The van der Waals surface area contributed by atoms with Gasteiger partial charge in [-0.25, -0.2) is 0 Å². The van der Waals surface area contributed by atoms with Gasteiger partial charge in [-0.15, -0.1) is 24.2 Å². The Hall–Kier alpha value is -1.11. The Labute approximate surface area is 153 Å². The molecular weight excluding hydrogens is 348 g/mol. The monoisotopic (exact) mass is 372 g/mol. The highest BCUT2D eigenvalue weighted by molar-refractivity contribution is 7.99. The molecule has 24 heavy (non-hydrogen) atoms. The minimum atomic E-state index is 0. The lowest BCUT2D eigenvalue weighted by molar-refractivity contribution is -0.131. The van der Waals surface area contributed by atoms with E-state index in [1.165, 1.54) is 0 Å². The summed E-state index contributed by atoms with van der Waals surface area (Å²) >= 11 is 1.69. The van der Waals surface area contributed by atoms with Crippen LogP contribution in [0.15, 0.2) is 23.1 Å². The highest BCUT2D eigenvalue weighted by atomic mass is 35.5. The first-order valence-corrected chi connectivity index (χ1v) is 9.27. The predicted octanol–water partition coefficient (Wildman–Crippen LogP) is 2.70. The van der Waals surface area contributed by atoms with E-state index in [2.05, 4.69) is 0 Å². The highest BCUT2D eigenvalue weighted by Crippen LogP contribution is 2.34. The van der Waals surface area contributed by atoms with Gasteiger partial charge < -0.3 is 20.1 Å². The summed E-state index contributed by atoms with van der Waals surface area (Å²) < 4.78 is 11.3. The molecule has 0 radical (unpaired) electrons. The topological polar surface area (TPSA) is 64.8 Å². The van der Waals surface area contributed by atoms with Crippen molar-refractivity contribution < 1.29 is 14.3 Å². The standard InChI is InChI=1S/C17H24N2O3S.ClH/c18-13-4-7-19(8-5-13)17(20)6-11-23-14-2-3-15-16(12-14)22-10-1-9-21-15;/h2-3,12-13H,1,4-11,18H2;1H. The molecule has 7 heteroatoms. The van der Waals surface area contributed by atoms with E-state index in [4.69, 9.17) is 15.2 Å². The third-order valence-electron chi connectivity index (χ3n) is 4.20. The normalized spacial score (nSPS) is 17.8. The number of benzene rings is 1. The summed E-state index contributed by atoms with van der Waals surface area (Å²) in [6.07, 6.45) is 3.31. The maximum Gasteiger partial charge on any atom is 0.223 e. The number of thioether (sulfide) groups is 1. The number of halogens is 1. The van der Waals surface area contributed by atoms with Gasteiger partial charge in [-0.1, -0.05) is 0 Å². The minimum absolute atomic E-state index is 0. The molecule has 1 saturated heterocycles. The maximum absolute atomic E-state index is 12.2. The second kappa shape index (κ2) is 9.39. The third-order valence-corrected chi connectivity index (χ3v) is 5.19. The number of amides is 1. The molecular formula is C17H25ClN2O3S. The van der Waals surface area contributed by atoms with Crippen LogP contribution in [0, 0.1) is 0 Å². The van der Waals surface area contributed by atoms with Crippen molar-refractivity contribution in [2.75, 3.05) is 32.1 Å². The average Bonchev–Trinajstić information content (AvgIpc) is 2.80. The molecule has 0 saturated carbocycles. The first-order chi connectivity index (χ1) is 11.2. The van der Waals surface area contributed by atoms with Crippen molar-refractivity contribution in [2.24, 2.45) is 5.73 Å². The van der Waals surface area contributed by atoms with Crippen molar-refractivity contribution in [3.8, 4) is 11.5 Å². The summed E-state index contributed by atoms with van der Waals surface area (Å²) in [7, 11) is 0. The van der Waals surface area contributed by atoms with Gasteiger partial charge in [0.1, 0.15) is 0 Å². The van der Waals surface area contributed by atoms with Gasteiger partial charge in [0.05, 0.1) is 13.2 Å². The van der Waals surface area contributed by atoms with Gasteiger partial charge in [0.15, 0.2) is 11.5 Å². The number of hydrogen-bond donors (Lipinski definition) is 1. The van der Waals surface area contributed by atoms with E-state index >= 15 is 0 Å². The van der Waals surface area contributed by atoms with E-state index in [1.807, 2.05) is 23.1 Å². The second-order valence-corrected chi connectivity index (χ2v) is 7.14. The number of carbonyl (C=O) groups excluding carboxylic acids is 1. The number of piperidine rings is 1. The van der Waals surface area contributed by atoms with Crippen LogP contribution in [0.1, 0.15) is 25.7 Å². The molecule has 1 aromatic carbocycles. The second-order valence-electron chi connectivity index (χ2n) is 5.98. The molecule has 0 aromatic heterocycles. The summed E-state index contributed by atoms with van der Waals surface area (Å²) in [5.41, 5.74) is 5.88. The smallest absolute Gasteiger partial charge is 0.223 e. The lowest BCUT2D eigenvalue weighted by Crippen LogP contribution is -2.42. The summed E-state index contributed by atoms with van der Waals surface area (Å²) in [5, 5.41) is 0. The molecule has 0 spiro atoms. The van der Waals surface area contributed by atoms with E-state index in [-0.39, 0.29) is 24.4 Å². The number of nitrogens with zero attached hydrogens (tertiary/aromatic N) is 1. The Morgan fingerprint density at radius 3 is 2.67 bits per heavy atom. The van der Waals surface area contributed by atoms with Gasteiger partial charge >= 0.3 is 0 Å². The summed E-state index contributed by atoms with van der Waals surface area (Å²) in [4.78, 5) is 15.3. The Morgan fingerprint density at radius 1 is 1.21 bits per heavy atom. The van der Waals surface area contributed by atoms with Gasteiger partial charge in [0.2, 0.25) is 5.91 Å². The lowest BCUT2D eigenvalue weighted by atomic mass is 10.1. The summed E-state index contributed by atoms with van der Waals surface area (Å²) in [5.74, 6) is 2.64. The van der Waals surface area contributed by atoms with Crippen LogP contribution < -0.4 is 15.2 Å². The first kappa shape index (κ1) is 19.2. The van der Waals surface area contributed by atoms with Crippen LogP contribution in [0.4, 0.5) is 0 Å². The molecule has 0 atom stereocenters. The van der Waals surface area contributed by atoms with Gasteiger partial charge in [0.25, 0.3) is 0 Å². The SMILES string of the molecule is Cl.NC1CCN(C(=O)CCSc2ccc3c(c2)OCCCO3)CC1. The van der Waals surface area contributed by atoms with Crippen LogP contribution in [0.5, 0.6) is 11.5 Å². The molecule has 0 unspecified atom stereocenters. The minimum Gasteiger partial charge on any atom is -0.490 e.